The summed E-state index contributed by atoms with van der Waals surface area (Å²) >= 11 is 1.41. The van der Waals surface area contributed by atoms with Crippen LogP contribution in [-0.4, -0.2) is 42.1 Å². The normalized spacial score (nSPS) is 11.6. The smallest absolute Gasteiger partial charge is 0.243 e. The van der Waals surface area contributed by atoms with Crippen molar-refractivity contribution in [2.24, 2.45) is 0 Å². The highest BCUT2D eigenvalue weighted by Crippen LogP contribution is 2.29. The summed E-state index contributed by atoms with van der Waals surface area (Å²) in [4.78, 5) is 16.6. The third-order valence-electron chi connectivity index (χ3n) is 4.33. The van der Waals surface area contributed by atoms with Gasteiger partial charge >= 0.3 is 0 Å². The van der Waals surface area contributed by atoms with Crippen LogP contribution >= 0.6 is 11.8 Å². The lowest BCUT2D eigenvalue weighted by atomic mass is 10.1. The van der Waals surface area contributed by atoms with E-state index in [2.05, 4.69) is 15.5 Å². The number of hydrogen-bond donors (Lipinski definition) is 1. The minimum absolute atomic E-state index is 0.0600. The SMILES string of the molecule is CSc1ccc(S(=O)(=O)N(C)Cc2nc(-c3ccc(C)cc3)no2)cc1NC(C)=O. The van der Waals surface area contributed by atoms with Crippen molar-refractivity contribution in [3.8, 4) is 11.4 Å². The van der Waals surface area contributed by atoms with E-state index in [1.807, 2.05) is 37.4 Å². The van der Waals surface area contributed by atoms with E-state index in [0.717, 1.165) is 20.3 Å². The van der Waals surface area contributed by atoms with Gasteiger partial charge in [-0.2, -0.15) is 9.29 Å². The molecule has 2 aromatic carbocycles. The Labute approximate surface area is 179 Å². The van der Waals surface area contributed by atoms with Gasteiger partial charge in [0.25, 0.3) is 0 Å². The van der Waals surface area contributed by atoms with Crippen LogP contribution in [0.15, 0.2) is 56.8 Å². The number of benzene rings is 2. The molecular formula is C20H22N4O4S2. The number of rotatable bonds is 7. The molecule has 0 aliphatic rings. The summed E-state index contributed by atoms with van der Waals surface area (Å²) < 4.78 is 32.4. The van der Waals surface area contributed by atoms with Crippen molar-refractivity contribution in [3.05, 3.63) is 53.9 Å². The van der Waals surface area contributed by atoms with Crippen molar-refractivity contribution < 1.29 is 17.7 Å². The van der Waals surface area contributed by atoms with E-state index in [0.29, 0.717) is 11.5 Å². The molecule has 1 heterocycles. The zero-order chi connectivity index (χ0) is 21.9. The highest BCUT2D eigenvalue weighted by atomic mass is 32.2. The molecule has 3 aromatic rings. The Hall–Kier alpha value is -2.69. The Morgan fingerprint density at radius 3 is 2.53 bits per heavy atom. The van der Waals surface area contributed by atoms with Crippen LogP contribution in [0.3, 0.4) is 0 Å². The molecule has 0 atom stereocenters. The molecule has 10 heteroatoms. The second-order valence-corrected chi connectivity index (χ2v) is 9.58. The summed E-state index contributed by atoms with van der Waals surface area (Å²) in [5.74, 6) is 0.301. The summed E-state index contributed by atoms with van der Waals surface area (Å²) in [5.41, 5.74) is 2.34. The standard InChI is InChI=1S/C20H22N4O4S2/c1-13-5-7-15(8-6-13)20-22-19(28-23-20)12-24(3)30(26,27)16-9-10-18(29-4)17(11-16)21-14(2)25/h5-11H,12H2,1-4H3,(H,21,25). The number of sulfonamides is 1. The van der Waals surface area contributed by atoms with Crippen LogP contribution in [0.4, 0.5) is 5.69 Å². The van der Waals surface area contributed by atoms with E-state index in [1.165, 1.54) is 37.9 Å². The first-order valence-electron chi connectivity index (χ1n) is 9.02. The molecule has 0 unspecified atom stereocenters. The molecule has 1 aromatic heterocycles. The van der Waals surface area contributed by atoms with Gasteiger partial charge in [0, 0.05) is 24.4 Å². The molecular weight excluding hydrogens is 424 g/mol. The highest BCUT2D eigenvalue weighted by Gasteiger charge is 2.24. The van der Waals surface area contributed by atoms with Crippen molar-refractivity contribution in [1.82, 2.24) is 14.4 Å². The third-order valence-corrected chi connectivity index (χ3v) is 6.92. The molecule has 0 spiro atoms. The third kappa shape index (κ3) is 4.89. The van der Waals surface area contributed by atoms with Crippen LogP contribution in [0.2, 0.25) is 0 Å². The minimum atomic E-state index is -3.84. The summed E-state index contributed by atoms with van der Waals surface area (Å²) in [6.45, 7) is 3.27. The predicted octanol–water partition coefficient (Wildman–Crippen LogP) is 3.55. The van der Waals surface area contributed by atoms with E-state index in [-0.39, 0.29) is 23.2 Å². The molecule has 0 bridgehead atoms. The van der Waals surface area contributed by atoms with Crippen molar-refractivity contribution in [2.45, 2.75) is 30.2 Å². The average Bonchev–Trinajstić information content (AvgIpc) is 3.16. The molecule has 1 amide bonds. The van der Waals surface area contributed by atoms with Crippen LogP contribution in [0.5, 0.6) is 0 Å². The zero-order valence-corrected chi connectivity index (χ0v) is 18.7. The van der Waals surface area contributed by atoms with Gasteiger partial charge in [-0.3, -0.25) is 4.79 Å². The number of aromatic nitrogens is 2. The number of hydrogen-bond acceptors (Lipinski definition) is 7. The molecule has 8 nitrogen and oxygen atoms in total. The minimum Gasteiger partial charge on any atom is -0.338 e. The number of nitrogens with one attached hydrogen (secondary N) is 1. The van der Waals surface area contributed by atoms with Crippen molar-refractivity contribution in [2.75, 3.05) is 18.6 Å². The molecule has 1 N–H and O–H groups in total. The van der Waals surface area contributed by atoms with Gasteiger partial charge in [0.15, 0.2) is 0 Å². The van der Waals surface area contributed by atoms with Crippen LogP contribution in [0.1, 0.15) is 18.4 Å². The monoisotopic (exact) mass is 446 g/mol. The number of aryl methyl sites for hydroxylation is 1. The van der Waals surface area contributed by atoms with Gasteiger partial charge in [-0.05, 0) is 31.4 Å². The molecule has 0 radical (unpaired) electrons. The maximum atomic E-state index is 13.0. The first kappa shape index (κ1) is 22.0. The zero-order valence-electron chi connectivity index (χ0n) is 17.0. The van der Waals surface area contributed by atoms with E-state index < -0.39 is 10.0 Å². The fourth-order valence-corrected chi connectivity index (χ4v) is 4.41. The van der Waals surface area contributed by atoms with Crippen molar-refractivity contribution in [3.63, 3.8) is 0 Å². The van der Waals surface area contributed by atoms with Crippen molar-refractivity contribution >= 4 is 33.4 Å². The highest BCUT2D eigenvalue weighted by molar-refractivity contribution is 7.98. The molecule has 0 saturated carbocycles. The fourth-order valence-electron chi connectivity index (χ4n) is 2.73. The van der Waals surface area contributed by atoms with Crippen LogP contribution in [0, 0.1) is 6.92 Å². The lowest BCUT2D eigenvalue weighted by Gasteiger charge is -2.17. The van der Waals surface area contributed by atoms with Gasteiger partial charge in [0.05, 0.1) is 17.1 Å². The second-order valence-electron chi connectivity index (χ2n) is 6.68. The van der Waals surface area contributed by atoms with Crippen molar-refractivity contribution in [1.29, 1.82) is 0 Å². The molecule has 0 aliphatic heterocycles. The number of nitrogens with zero attached hydrogens (tertiary/aromatic N) is 3. The van der Waals surface area contributed by atoms with Gasteiger partial charge < -0.3 is 9.84 Å². The fraction of sp³-hybridized carbons (Fsp3) is 0.250. The Bertz CT molecular complexity index is 1160. The maximum Gasteiger partial charge on any atom is 0.243 e. The molecule has 0 fully saturated rings. The number of carbonyl (C=O) groups is 1. The molecule has 0 saturated heterocycles. The quantitative estimate of drug-likeness (QED) is 0.553. The van der Waals surface area contributed by atoms with Gasteiger partial charge in [-0.1, -0.05) is 35.0 Å². The Balaban J connectivity index is 1.82. The van der Waals surface area contributed by atoms with Crippen LogP contribution in [0.25, 0.3) is 11.4 Å². The van der Waals surface area contributed by atoms with Gasteiger partial charge in [0.2, 0.25) is 27.6 Å². The molecule has 3 rings (SSSR count). The van der Waals surface area contributed by atoms with Gasteiger partial charge in [-0.25, -0.2) is 8.42 Å². The Morgan fingerprint density at radius 2 is 1.90 bits per heavy atom. The topological polar surface area (TPSA) is 105 Å². The van der Waals surface area contributed by atoms with E-state index >= 15 is 0 Å². The molecule has 0 aliphatic carbocycles. The van der Waals surface area contributed by atoms with E-state index in [1.54, 1.807) is 6.07 Å². The Kier molecular flexibility index (Phi) is 6.59. The summed E-state index contributed by atoms with van der Waals surface area (Å²) in [6.07, 6.45) is 1.85. The van der Waals surface area contributed by atoms with Crippen LogP contribution in [-0.2, 0) is 21.4 Å². The number of thioether (sulfide) groups is 1. The largest absolute Gasteiger partial charge is 0.338 e. The van der Waals surface area contributed by atoms with E-state index in [4.69, 9.17) is 4.52 Å². The van der Waals surface area contributed by atoms with E-state index in [9.17, 15) is 13.2 Å². The van der Waals surface area contributed by atoms with Gasteiger partial charge in [-0.15, -0.1) is 11.8 Å². The summed E-state index contributed by atoms with van der Waals surface area (Å²) in [7, 11) is -2.40. The number of carbonyl (C=O) groups excluding carboxylic acids is 1. The maximum absolute atomic E-state index is 13.0. The summed E-state index contributed by atoms with van der Waals surface area (Å²) in [6, 6.07) is 12.3. The van der Waals surface area contributed by atoms with Crippen LogP contribution < -0.4 is 5.32 Å². The molecule has 158 valence electrons. The first-order chi connectivity index (χ1) is 14.2. The lowest BCUT2D eigenvalue weighted by Crippen LogP contribution is -2.26. The molecule has 30 heavy (non-hydrogen) atoms. The Morgan fingerprint density at radius 1 is 1.20 bits per heavy atom. The summed E-state index contributed by atoms with van der Waals surface area (Å²) in [5, 5.41) is 6.60. The van der Waals surface area contributed by atoms with Gasteiger partial charge in [0.1, 0.15) is 0 Å². The predicted molar refractivity (Wildman–Crippen MR) is 116 cm³/mol. The lowest BCUT2D eigenvalue weighted by molar-refractivity contribution is -0.114. The average molecular weight is 447 g/mol. The number of amides is 1. The second kappa shape index (κ2) is 8.99. The number of anilines is 1. The first-order valence-corrected chi connectivity index (χ1v) is 11.7.